The van der Waals surface area contributed by atoms with Crippen molar-refractivity contribution >= 4 is 17.7 Å². The molecule has 0 unspecified atom stereocenters. The monoisotopic (exact) mass is 173 g/mol. The van der Waals surface area contributed by atoms with Crippen LogP contribution in [0, 0.1) is 6.92 Å². The number of rotatable bonds is 3. The van der Waals surface area contributed by atoms with Crippen LogP contribution in [0.4, 0.5) is 5.69 Å². The maximum absolute atomic E-state index is 8.47. The van der Waals surface area contributed by atoms with E-state index in [1.807, 2.05) is 6.92 Å². The first-order chi connectivity index (χ1) is 5.25. The Hall–Kier alpha value is -0.680. The second-order valence-electron chi connectivity index (χ2n) is 2.24. The summed E-state index contributed by atoms with van der Waals surface area (Å²) in [7, 11) is 0. The summed E-state index contributed by atoms with van der Waals surface area (Å²) in [5.74, 6) is 0.641. The smallest absolute Gasteiger partial charge is 0.0730 e. The summed E-state index contributed by atoms with van der Waals surface area (Å²) in [5.41, 5.74) is 7.22. The van der Waals surface area contributed by atoms with Crippen LogP contribution in [0.2, 0.25) is 0 Å². The Balaban J connectivity index is 2.63. The van der Waals surface area contributed by atoms with Crippen molar-refractivity contribution in [3.8, 4) is 0 Å². The molecule has 0 bridgehead atoms. The molecule has 0 fully saturated rings. The highest BCUT2D eigenvalue weighted by Gasteiger charge is 2.00. The van der Waals surface area contributed by atoms with Crippen LogP contribution < -0.4 is 5.73 Å². The van der Waals surface area contributed by atoms with E-state index in [2.05, 4.69) is 5.10 Å². The van der Waals surface area contributed by atoms with E-state index in [9.17, 15) is 0 Å². The zero-order valence-electron chi connectivity index (χ0n) is 6.32. The summed E-state index contributed by atoms with van der Waals surface area (Å²) in [6.45, 7) is 2.61. The zero-order chi connectivity index (χ0) is 8.27. The highest BCUT2D eigenvalue weighted by Crippen LogP contribution is 2.08. The number of hydrogen-bond acceptors (Lipinski definition) is 4. The molecule has 0 aliphatic heterocycles. The fourth-order valence-corrected chi connectivity index (χ4v) is 1.07. The lowest BCUT2D eigenvalue weighted by atomic mass is 10.4. The summed E-state index contributed by atoms with van der Waals surface area (Å²) < 4.78 is 10.2. The number of anilines is 1. The maximum Gasteiger partial charge on any atom is 0.0730 e. The number of aromatic nitrogens is 2. The Kier molecular flexibility index (Phi) is 2.78. The van der Waals surface area contributed by atoms with E-state index >= 15 is 0 Å². The summed E-state index contributed by atoms with van der Waals surface area (Å²) in [6, 6.07) is 0. The lowest BCUT2D eigenvalue weighted by Gasteiger charge is -2.00. The molecule has 4 nitrogen and oxygen atoms in total. The van der Waals surface area contributed by atoms with E-state index in [4.69, 9.17) is 10.3 Å². The molecule has 0 amide bonds. The van der Waals surface area contributed by atoms with Gasteiger partial charge in [0.15, 0.2) is 0 Å². The number of hydrogen-bond donors (Lipinski definition) is 2. The van der Waals surface area contributed by atoms with Crippen LogP contribution in [-0.4, -0.2) is 20.1 Å². The van der Waals surface area contributed by atoms with Gasteiger partial charge in [0.2, 0.25) is 0 Å². The van der Waals surface area contributed by atoms with Crippen LogP contribution in [0.15, 0.2) is 6.20 Å². The van der Waals surface area contributed by atoms with Gasteiger partial charge in [0, 0.05) is 5.75 Å². The molecule has 0 saturated heterocycles. The Morgan fingerprint density at radius 2 is 2.55 bits per heavy atom. The van der Waals surface area contributed by atoms with Crippen molar-refractivity contribution in [3.63, 3.8) is 0 Å². The molecule has 0 saturated carbocycles. The van der Waals surface area contributed by atoms with Crippen LogP contribution in [0.5, 0.6) is 0 Å². The van der Waals surface area contributed by atoms with E-state index in [1.54, 1.807) is 10.9 Å². The van der Waals surface area contributed by atoms with E-state index in [0.717, 1.165) is 17.7 Å². The molecule has 1 heterocycles. The molecule has 5 heteroatoms. The van der Waals surface area contributed by atoms with E-state index in [1.165, 1.54) is 0 Å². The van der Waals surface area contributed by atoms with Gasteiger partial charge in [0.05, 0.1) is 24.1 Å². The van der Waals surface area contributed by atoms with Gasteiger partial charge in [0.25, 0.3) is 0 Å². The molecule has 1 aromatic rings. The first-order valence-electron chi connectivity index (χ1n) is 3.30. The minimum atomic E-state index is 0.641. The third-order valence-electron chi connectivity index (χ3n) is 1.54. The Bertz CT molecular complexity index is 236. The van der Waals surface area contributed by atoms with Gasteiger partial charge < -0.3 is 10.3 Å². The third kappa shape index (κ3) is 1.87. The van der Waals surface area contributed by atoms with Crippen molar-refractivity contribution in [2.75, 3.05) is 11.5 Å². The molecule has 62 valence electrons. The quantitative estimate of drug-likeness (QED) is 0.669. The first kappa shape index (κ1) is 8.42. The molecular formula is C6H11N3OS. The third-order valence-corrected chi connectivity index (χ3v) is 1.90. The number of nitrogens with zero attached hydrogens (tertiary/aromatic N) is 2. The van der Waals surface area contributed by atoms with Gasteiger partial charge in [-0.25, -0.2) is 0 Å². The maximum atomic E-state index is 8.47. The first-order valence-corrected chi connectivity index (χ1v) is 4.24. The minimum absolute atomic E-state index is 0.641. The Morgan fingerprint density at radius 3 is 3.00 bits per heavy atom. The van der Waals surface area contributed by atoms with Crippen molar-refractivity contribution in [3.05, 3.63) is 11.9 Å². The molecular weight excluding hydrogens is 162 g/mol. The van der Waals surface area contributed by atoms with Crippen LogP contribution >= 0.6 is 12.0 Å². The summed E-state index contributed by atoms with van der Waals surface area (Å²) in [4.78, 5) is 0. The average molecular weight is 173 g/mol. The topological polar surface area (TPSA) is 64.1 Å². The van der Waals surface area contributed by atoms with Crippen molar-refractivity contribution in [2.45, 2.75) is 13.5 Å². The van der Waals surface area contributed by atoms with Gasteiger partial charge in [-0.3, -0.25) is 4.68 Å². The highest BCUT2D eigenvalue weighted by atomic mass is 32.2. The van der Waals surface area contributed by atoms with Gasteiger partial charge in [-0.2, -0.15) is 5.10 Å². The van der Waals surface area contributed by atoms with E-state index in [0.29, 0.717) is 18.0 Å². The summed E-state index contributed by atoms with van der Waals surface area (Å²) >= 11 is 0.813. The van der Waals surface area contributed by atoms with Crippen LogP contribution in [0.1, 0.15) is 5.69 Å². The summed E-state index contributed by atoms with van der Waals surface area (Å²) in [5, 5.41) is 4.02. The average Bonchev–Trinajstić information content (AvgIpc) is 2.31. The van der Waals surface area contributed by atoms with E-state index in [-0.39, 0.29) is 0 Å². The lowest BCUT2D eigenvalue weighted by Crippen LogP contribution is -2.04. The number of nitrogens with two attached hydrogens (primary N) is 1. The second-order valence-corrected chi connectivity index (χ2v) is 2.91. The SMILES string of the molecule is Cc1c(N)cnn1CCSO. The summed E-state index contributed by atoms with van der Waals surface area (Å²) in [6.07, 6.45) is 1.62. The molecule has 11 heavy (non-hydrogen) atoms. The molecule has 1 aromatic heterocycles. The predicted octanol–water partition coefficient (Wildman–Crippen LogP) is 0.980. The Labute approximate surface area is 69.6 Å². The van der Waals surface area contributed by atoms with E-state index < -0.39 is 0 Å². The fraction of sp³-hybridized carbons (Fsp3) is 0.500. The van der Waals surface area contributed by atoms with Crippen molar-refractivity contribution in [2.24, 2.45) is 0 Å². The van der Waals surface area contributed by atoms with Gasteiger partial charge in [-0.15, -0.1) is 0 Å². The fourth-order valence-electron chi connectivity index (χ4n) is 0.814. The van der Waals surface area contributed by atoms with Crippen molar-refractivity contribution < 1.29 is 4.55 Å². The standard InChI is InChI=1S/C6H11N3OS/c1-5-6(7)4-8-9(5)2-3-11-10/h4,10H,2-3,7H2,1H3. The van der Waals surface area contributed by atoms with Crippen LogP contribution in [0.3, 0.4) is 0 Å². The van der Waals surface area contributed by atoms with Gasteiger partial charge in [-0.05, 0) is 19.0 Å². The van der Waals surface area contributed by atoms with Gasteiger partial charge in [-0.1, -0.05) is 0 Å². The molecule has 3 N–H and O–H groups in total. The Morgan fingerprint density at radius 1 is 1.82 bits per heavy atom. The largest absolute Gasteiger partial charge is 0.396 e. The molecule has 0 radical (unpaired) electrons. The van der Waals surface area contributed by atoms with Crippen molar-refractivity contribution in [1.82, 2.24) is 9.78 Å². The number of nitrogen functional groups attached to an aromatic ring is 1. The normalized spacial score (nSPS) is 10.4. The highest BCUT2D eigenvalue weighted by molar-refractivity contribution is 7.93. The molecule has 0 aliphatic carbocycles. The van der Waals surface area contributed by atoms with Gasteiger partial charge in [0.1, 0.15) is 0 Å². The van der Waals surface area contributed by atoms with Crippen LogP contribution in [-0.2, 0) is 6.54 Å². The molecule has 0 atom stereocenters. The van der Waals surface area contributed by atoms with Crippen molar-refractivity contribution in [1.29, 1.82) is 0 Å². The number of aryl methyl sites for hydroxylation is 1. The van der Waals surface area contributed by atoms with Crippen LogP contribution in [0.25, 0.3) is 0 Å². The molecule has 1 rings (SSSR count). The lowest BCUT2D eigenvalue weighted by molar-refractivity contribution is 0.621. The minimum Gasteiger partial charge on any atom is -0.396 e. The molecule has 0 aliphatic rings. The molecule has 0 aromatic carbocycles. The second kappa shape index (κ2) is 3.64. The van der Waals surface area contributed by atoms with Gasteiger partial charge >= 0.3 is 0 Å². The molecule has 0 spiro atoms. The zero-order valence-corrected chi connectivity index (χ0v) is 7.14. The predicted molar refractivity (Wildman–Crippen MR) is 46.5 cm³/mol.